The molecule has 0 saturated heterocycles. The van der Waals surface area contributed by atoms with Crippen LogP contribution in [0.4, 0.5) is 0 Å². The third kappa shape index (κ3) is 10.9. The Labute approximate surface area is 299 Å². The Hall–Kier alpha value is 3.36. The Bertz CT molecular complexity index is 1130. The molecule has 0 aliphatic rings. The van der Waals surface area contributed by atoms with E-state index in [-0.39, 0.29) is 0 Å². The summed E-state index contributed by atoms with van der Waals surface area (Å²) in [5, 5.41) is 0. The van der Waals surface area contributed by atoms with E-state index in [0.29, 0.717) is 26.5 Å². The van der Waals surface area contributed by atoms with Crippen molar-refractivity contribution in [1.29, 1.82) is 0 Å². The van der Waals surface area contributed by atoms with Crippen molar-refractivity contribution in [2.24, 2.45) is 0 Å². The van der Waals surface area contributed by atoms with Gasteiger partial charge in [0.25, 0.3) is 8.38 Å². The summed E-state index contributed by atoms with van der Waals surface area (Å²) < 4.78 is 5.58. The zero-order valence-corrected chi connectivity index (χ0v) is 37.3. The SMILES string of the molecule is CSc1[s+]c(/C(=C(\c2ccccc2)c2sc(C)c(SC)[s+]2)c2ccccc2)sc1C.I[I-]I.I[I-]I. The molecule has 12 heteroatoms. The van der Waals surface area contributed by atoms with E-state index < -0.39 is 0 Å². The van der Waals surface area contributed by atoms with E-state index in [2.05, 4.69) is 161 Å². The predicted octanol–water partition coefficient (Wildman–Crippen LogP) is 7.11. The first kappa shape index (κ1) is 35.6. The number of hydrogen-bond acceptors (Lipinski definition) is 4. The van der Waals surface area contributed by atoms with Gasteiger partial charge in [0.2, 0.25) is 0 Å². The molecule has 196 valence electrons. The number of halogens is 6. The molecule has 4 rings (SSSR count). The molecule has 0 aliphatic heterocycles. The first-order chi connectivity index (χ1) is 17.4. The van der Waals surface area contributed by atoms with Crippen LogP contribution in [0.2, 0.25) is 0 Å². The van der Waals surface area contributed by atoms with Crippen molar-refractivity contribution in [1.82, 2.24) is 0 Å². The minimum absolute atomic E-state index is 0.530. The summed E-state index contributed by atoms with van der Waals surface area (Å²) in [6.45, 7) is 4.48. The maximum atomic E-state index is 2.39. The average molecular weight is 1260 g/mol. The quantitative estimate of drug-likeness (QED) is 0.0875. The summed E-state index contributed by atoms with van der Waals surface area (Å²) in [6, 6.07) is 21.8. The second-order valence-corrected chi connectivity index (χ2v) is 46.3. The zero-order chi connectivity index (χ0) is 26.5. The monoisotopic (exact) mass is 1260 g/mol. The van der Waals surface area contributed by atoms with Crippen LogP contribution in [0.25, 0.3) is 11.1 Å². The van der Waals surface area contributed by atoms with E-state index in [0.717, 1.165) is 0 Å². The van der Waals surface area contributed by atoms with Crippen molar-refractivity contribution < 1.29 is 26.5 Å². The normalized spacial score (nSPS) is 11.3. The molecule has 0 atom stereocenters. The number of benzene rings is 2. The van der Waals surface area contributed by atoms with Crippen LogP contribution in [-0.4, -0.2) is 12.5 Å². The molecule has 4 aromatic rings. The molecule has 2 aromatic carbocycles. The van der Waals surface area contributed by atoms with E-state index in [4.69, 9.17) is 0 Å². The van der Waals surface area contributed by atoms with Crippen molar-refractivity contribution in [3.8, 4) is 0 Å². The van der Waals surface area contributed by atoms with Crippen LogP contribution < -0.4 is 26.5 Å². The minimum atomic E-state index is 0.530. The predicted molar refractivity (Wildman–Crippen MR) is 200 cm³/mol. The summed E-state index contributed by atoms with van der Waals surface area (Å²) in [4.78, 5) is 2.80. The molecular weight excluding hydrogens is 1240 g/mol. The van der Waals surface area contributed by atoms with Gasteiger partial charge in [-0.1, -0.05) is 84.2 Å². The van der Waals surface area contributed by atoms with E-state index in [1.165, 1.54) is 48.8 Å². The Morgan fingerprint density at radius 1 is 0.639 bits per heavy atom. The number of rotatable bonds is 6. The summed E-state index contributed by atoms with van der Waals surface area (Å²) in [7, 11) is 0. The van der Waals surface area contributed by atoms with Crippen molar-refractivity contribution in [2.45, 2.75) is 22.3 Å². The van der Waals surface area contributed by atoms with Gasteiger partial charge < -0.3 is 0 Å². The molecule has 0 N–H and O–H groups in total. The molecule has 0 unspecified atom stereocenters. The Balaban J connectivity index is 0.000000693. The van der Waals surface area contributed by atoms with Gasteiger partial charge in [-0.3, -0.25) is 0 Å². The summed E-state index contributed by atoms with van der Waals surface area (Å²) >= 11 is 22.0. The molecule has 2 aromatic heterocycles. The number of hydrogen-bond donors (Lipinski definition) is 0. The Morgan fingerprint density at radius 2 is 0.944 bits per heavy atom. The van der Waals surface area contributed by atoms with Crippen molar-refractivity contribution in [2.75, 3.05) is 12.5 Å². The van der Waals surface area contributed by atoms with Crippen LogP contribution >= 0.6 is 143 Å². The van der Waals surface area contributed by atoms with Crippen LogP contribution in [0.3, 0.4) is 0 Å². The molecular formula is C24H22I6S6. The molecule has 0 radical (unpaired) electrons. The molecule has 36 heavy (non-hydrogen) atoms. The second kappa shape index (κ2) is 20.3. The fourth-order valence-corrected chi connectivity index (χ4v) is 10.8. The van der Waals surface area contributed by atoms with Gasteiger partial charge >= 0.3 is 101 Å². The zero-order valence-electron chi connectivity index (χ0n) is 19.5. The van der Waals surface area contributed by atoms with Crippen LogP contribution in [-0.2, 0) is 0 Å². The van der Waals surface area contributed by atoms with Crippen molar-refractivity contribution >= 4 is 154 Å². The molecule has 0 amide bonds. The molecule has 0 fully saturated rings. The van der Waals surface area contributed by atoms with Gasteiger partial charge in [-0.2, -0.15) is 0 Å². The first-order valence-corrected chi connectivity index (χ1v) is 40.9. The Morgan fingerprint density at radius 3 is 1.19 bits per heavy atom. The van der Waals surface area contributed by atoms with Crippen LogP contribution in [0, 0.1) is 13.8 Å². The molecule has 0 bridgehead atoms. The standard InChI is InChI=1S/C24H22S6.2I3/c1-15-21(25-3)29-23(27-15)19(17-11-7-5-8-12-17)20(18-13-9-6-10-14-18)24-28-16(2)22(26-4)30-24;2*1-3-2/h5-14H,1-4H3;;/q+2;2*-1. The van der Waals surface area contributed by atoms with Gasteiger partial charge in [-0.25, -0.2) is 0 Å². The average Bonchev–Trinajstić information content (AvgIpc) is 3.45. The maximum absolute atomic E-state index is 2.39. The van der Waals surface area contributed by atoms with E-state index >= 15 is 0 Å². The first-order valence-electron chi connectivity index (χ1n) is 10.0. The Kier molecular flexibility index (Phi) is 20.0. The number of aryl methyl sites for hydroxylation is 2. The van der Waals surface area contributed by atoms with Gasteiger partial charge in [0.1, 0.15) is 22.7 Å². The molecule has 0 saturated carbocycles. The molecule has 0 aliphatic carbocycles. The van der Waals surface area contributed by atoms with Gasteiger partial charge in [0.15, 0.2) is 18.2 Å². The second-order valence-electron chi connectivity index (χ2n) is 6.67. The molecule has 2 heterocycles. The van der Waals surface area contributed by atoms with Gasteiger partial charge in [-0.05, 0) is 37.5 Å². The van der Waals surface area contributed by atoms with Gasteiger partial charge in [0.05, 0.1) is 33.8 Å². The van der Waals surface area contributed by atoms with Crippen LogP contribution in [0.5, 0.6) is 0 Å². The van der Waals surface area contributed by atoms with E-state index in [9.17, 15) is 0 Å². The van der Waals surface area contributed by atoms with Gasteiger partial charge in [0, 0.05) is 0 Å². The number of thioether (sulfide) groups is 2. The third-order valence-corrected chi connectivity index (χ3v) is 12.5. The van der Waals surface area contributed by atoms with E-state index in [1.807, 2.05) is 68.9 Å². The topological polar surface area (TPSA) is 0 Å². The summed E-state index contributed by atoms with van der Waals surface area (Å²) in [6.07, 6.45) is 4.35. The van der Waals surface area contributed by atoms with Crippen LogP contribution in [0.1, 0.15) is 29.3 Å². The summed E-state index contributed by atoms with van der Waals surface area (Å²) in [5.74, 6) is 0. The molecule has 0 spiro atoms. The third-order valence-electron chi connectivity index (χ3n) is 4.59. The van der Waals surface area contributed by atoms with Crippen LogP contribution in [0.15, 0.2) is 69.1 Å². The fourth-order valence-electron chi connectivity index (χ4n) is 3.23. The van der Waals surface area contributed by atoms with Crippen molar-refractivity contribution in [3.05, 3.63) is 89.9 Å². The van der Waals surface area contributed by atoms with E-state index in [1.54, 1.807) is 0 Å². The fraction of sp³-hybridized carbons (Fsp3) is 0.167. The molecule has 0 nitrogen and oxygen atoms in total. The summed E-state index contributed by atoms with van der Waals surface area (Å²) in [5.41, 5.74) is 5.27. The van der Waals surface area contributed by atoms with Gasteiger partial charge in [-0.15, -0.1) is 0 Å². The van der Waals surface area contributed by atoms with Crippen molar-refractivity contribution in [3.63, 3.8) is 0 Å².